The van der Waals surface area contributed by atoms with Crippen molar-refractivity contribution in [3.05, 3.63) is 28.5 Å². The molecule has 0 saturated heterocycles. The summed E-state index contributed by atoms with van der Waals surface area (Å²) in [7, 11) is 0. The van der Waals surface area contributed by atoms with Gasteiger partial charge in [0, 0.05) is 17.1 Å². The van der Waals surface area contributed by atoms with Gasteiger partial charge in [-0.2, -0.15) is 5.10 Å². The lowest BCUT2D eigenvalue weighted by atomic mass is 10.2. The highest BCUT2D eigenvalue weighted by Gasteiger charge is 2.12. The second-order valence-corrected chi connectivity index (χ2v) is 7.66. The Labute approximate surface area is 139 Å². The van der Waals surface area contributed by atoms with Gasteiger partial charge in [-0.25, -0.2) is 4.98 Å². The molecule has 0 saturated carbocycles. The third kappa shape index (κ3) is 4.84. The molecule has 0 bridgehead atoms. The Morgan fingerprint density at radius 3 is 2.91 bits per heavy atom. The number of aryl methyl sites for hydroxylation is 2. The standard InChI is InChI=1S/C15H22N4OS2/c1-5-21-15-17-13(9-22-15)7-14(20)16-11(3)8-19-12(4)6-10(2)18-19/h6,9,11H,5,7-8H2,1-4H3,(H,16,20)/t11-/m0/s1. The van der Waals surface area contributed by atoms with Crippen LogP contribution in [0.4, 0.5) is 0 Å². The van der Waals surface area contributed by atoms with Crippen LogP contribution in [-0.4, -0.2) is 32.5 Å². The molecular weight excluding hydrogens is 316 g/mol. The van der Waals surface area contributed by atoms with Crippen LogP contribution in [0, 0.1) is 13.8 Å². The zero-order chi connectivity index (χ0) is 16.1. The lowest BCUT2D eigenvalue weighted by molar-refractivity contribution is -0.121. The van der Waals surface area contributed by atoms with Crippen LogP contribution in [0.2, 0.25) is 0 Å². The van der Waals surface area contributed by atoms with Gasteiger partial charge in [-0.3, -0.25) is 9.48 Å². The van der Waals surface area contributed by atoms with E-state index in [0.29, 0.717) is 13.0 Å². The average Bonchev–Trinajstić information content (AvgIpc) is 2.97. The predicted octanol–water partition coefficient (Wildman–Crippen LogP) is 2.82. The van der Waals surface area contributed by atoms with Crippen LogP contribution >= 0.6 is 23.1 Å². The zero-order valence-corrected chi connectivity index (χ0v) is 15.1. The molecule has 1 amide bonds. The Morgan fingerprint density at radius 2 is 2.27 bits per heavy atom. The van der Waals surface area contributed by atoms with Crippen molar-refractivity contribution < 1.29 is 4.79 Å². The fourth-order valence-electron chi connectivity index (χ4n) is 2.21. The van der Waals surface area contributed by atoms with E-state index >= 15 is 0 Å². The van der Waals surface area contributed by atoms with Crippen LogP contribution in [0.15, 0.2) is 15.8 Å². The number of nitrogens with zero attached hydrogens (tertiary/aromatic N) is 3. The molecule has 0 unspecified atom stereocenters. The van der Waals surface area contributed by atoms with Crippen molar-refractivity contribution in [1.82, 2.24) is 20.1 Å². The van der Waals surface area contributed by atoms with Crippen LogP contribution in [0.1, 0.15) is 30.9 Å². The monoisotopic (exact) mass is 338 g/mol. The van der Waals surface area contributed by atoms with E-state index in [4.69, 9.17) is 0 Å². The van der Waals surface area contributed by atoms with Gasteiger partial charge in [-0.1, -0.05) is 18.7 Å². The van der Waals surface area contributed by atoms with E-state index < -0.39 is 0 Å². The highest BCUT2D eigenvalue weighted by Crippen LogP contribution is 2.22. The molecule has 2 aromatic heterocycles. The summed E-state index contributed by atoms with van der Waals surface area (Å²) in [5.41, 5.74) is 2.95. The number of nitrogens with one attached hydrogen (secondary N) is 1. The molecule has 0 fully saturated rings. The van der Waals surface area contributed by atoms with Gasteiger partial charge in [0.25, 0.3) is 0 Å². The highest BCUT2D eigenvalue weighted by atomic mass is 32.2. The predicted molar refractivity (Wildman–Crippen MR) is 91.5 cm³/mol. The molecule has 5 nitrogen and oxygen atoms in total. The average molecular weight is 339 g/mol. The summed E-state index contributed by atoms with van der Waals surface area (Å²) in [6.07, 6.45) is 0.336. The Morgan fingerprint density at radius 1 is 1.50 bits per heavy atom. The molecule has 2 heterocycles. The van der Waals surface area contributed by atoms with E-state index in [-0.39, 0.29) is 11.9 Å². The van der Waals surface area contributed by atoms with Crippen LogP contribution in [-0.2, 0) is 17.8 Å². The molecule has 2 aromatic rings. The summed E-state index contributed by atoms with van der Waals surface area (Å²) in [6.45, 7) is 8.77. The normalized spacial score (nSPS) is 12.4. The number of hydrogen-bond donors (Lipinski definition) is 1. The first-order valence-electron chi connectivity index (χ1n) is 7.35. The molecule has 7 heteroatoms. The van der Waals surface area contributed by atoms with Crippen LogP contribution < -0.4 is 5.32 Å². The molecule has 2 rings (SSSR count). The van der Waals surface area contributed by atoms with Crippen molar-refractivity contribution in [2.24, 2.45) is 0 Å². The number of hydrogen-bond acceptors (Lipinski definition) is 5. The first kappa shape index (κ1) is 17.0. The maximum atomic E-state index is 12.1. The van der Waals surface area contributed by atoms with Crippen molar-refractivity contribution in [1.29, 1.82) is 0 Å². The molecule has 1 N–H and O–H groups in total. The molecule has 0 radical (unpaired) electrons. The second-order valence-electron chi connectivity index (χ2n) is 5.29. The summed E-state index contributed by atoms with van der Waals surface area (Å²) >= 11 is 3.31. The SMILES string of the molecule is CCSc1nc(CC(=O)N[C@@H](C)Cn2nc(C)cc2C)cs1. The molecule has 0 aromatic carbocycles. The smallest absolute Gasteiger partial charge is 0.226 e. The maximum absolute atomic E-state index is 12.1. The number of rotatable bonds is 7. The lowest BCUT2D eigenvalue weighted by Crippen LogP contribution is -2.37. The third-order valence-electron chi connectivity index (χ3n) is 3.10. The summed E-state index contributed by atoms with van der Waals surface area (Å²) in [4.78, 5) is 16.5. The minimum atomic E-state index is 0.00683. The first-order chi connectivity index (χ1) is 10.5. The van der Waals surface area contributed by atoms with Crippen molar-refractivity contribution in [3.63, 3.8) is 0 Å². The summed E-state index contributed by atoms with van der Waals surface area (Å²) < 4.78 is 2.96. The van der Waals surface area contributed by atoms with Crippen molar-refractivity contribution in [3.8, 4) is 0 Å². The molecule has 0 aliphatic heterocycles. The Kier molecular flexibility index (Phi) is 6.02. The van der Waals surface area contributed by atoms with E-state index in [1.54, 1.807) is 23.1 Å². The summed E-state index contributed by atoms with van der Waals surface area (Å²) in [5, 5.41) is 9.39. The minimum absolute atomic E-state index is 0.00683. The number of thioether (sulfide) groups is 1. The van der Waals surface area contributed by atoms with Crippen molar-refractivity contribution in [2.75, 3.05) is 5.75 Å². The van der Waals surface area contributed by atoms with Gasteiger partial charge < -0.3 is 5.32 Å². The van der Waals surface area contributed by atoms with Crippen LogP contribution in [0.3, 0.4) is 0 Å². The second kappa shape index (κ2) is 7.78. The fourth-order valence-corrected chi connectivity index (χ4v) is 3.96. The van der Waals surface area contributed by atoms with Gasteiger partial charge in [0.1, 0.15) is 4.34 Å². The van der Waals surface area contributed by atoms with Crippen LogP contribution in [0.25, 0.3) is 0 Å². The Balaban J connectivity index is 1.84. The van der Waals surface area contributed by atoms with Crippen molar-refractivity contribution >= 4 is 29.0 Å². The van der Waals surface area contributed by atoms with Crippen LogP contribution in [0.5, 0.6) is 0 Å². The van der Waals surface area contributed by atoms with Gasteiger partial charge in [0.05, 0.1) is 24.4 Å². The van der Waals surface area contributed by atoms with Gasteiger partial charge in [0.15, 0.2) is 0 Å². The van der Waals surface area contributed by atoms with Crippen molar-refractivity contribution in [2.45, 2.75) is 51.0 Å². The Hall–Kier alpha value is -1.34. The number of carbonyl (C=O) groups excluding carboxylic acids is 1. The lowest BCUT2D eigenvalue weighted by Gasteiger charge is -2.14. The number of amides is 1. The van der Waals surface area contributed by atoms with E-state index in [1.165, 1.54) is 0 Å². The first-order valence-corrected chi connectivity index (χ1v) is 9.22. The topological polar surface area (TPSA) is 59.8 Å². The zero-order valence-electron chi connectivity index (χ0n) is 13.4. The van der Waals surface area contributed by atoms with Gasteiger partial charge in [0.2, 0.25) is 5.91 Å². The molecular formula is C15H22N4OS2. The largest absolute Gasteiger partial charge is 0.351 e. The molecule has 0 spiro atoms. The fraction of sp³-hybridized carbons (Fsp3) is 0.533. The molecule has 0 aliphatic rings. The third-order valence-corrected chi connectivity index (χ3v) is 5.05. The number of thiazole rings is 1. The molecule has 22 heavy (non-hydrogen) atoms. The van der Waals surface area contributed by atoms with Gasteiger partial charge in [-0.05, 0) is 32.6 Å². The Bertz CT molecular complexity index is 635. The highest BCUT2D eigenvalue weighted by molar-refractivity contribution is 8.00. The summed E-state index contributed by atoms with van der Waals surface area (Å²) in [5.74, 6) is 1.01. The van der Waals surface area contributed by atoms with Gasteiger partial charge >= 0.3 is 0 Å². The number of carbonyl (C=O) groups is 1. The van der Waals surface area contributed by atoms with E-state index in [1.807, 2.05) is 36.9 Å². The van der Waals surface area contributed by atoms with E-state index in [9.17, 15) is 4.79 Å². The number of aromatic nitrogens is 3. The summed E-state index contributed by atoms with van der Waals surface area (Å²) in [6, 6.07) is 2.07. The molecule has 1 atom stereocenters. The molecule has 0 aliphatic carbocycles. The molecule has 120 valence electrons. The minimum Gasteiger partial charge on any atom is -0.351 e. The van der Waals surface area contributed by atoms with E-state index in [2.05, 4.69) is 22.3 Å². The quantitative estimate of drug-likeness (QED) is 0.789. The van der Waals surface area contributed by atoms with Gasteiger partial charge in [-0.15, -0.1) is 11.3 Å². The van der Waals surface area contributed by atoms with E-state index in [0.717, 1.165) is 27.2 Å². The maximum Gasteiger partial charge on any atom is 0.226 e.